The summed E-state index contributed by atoms with van der Waals surface area (Å²) in [6.45, 7) is 11.7. The van der Waals surface area contributed by atoms with E-state index in [0.717, 1.165) is 69.8 Å². The molecule has 0 unspecified atom stereocenters. The molecule has 3 saturated carbocycles. The Morgan fingerprint density at radius 2 is 1.72 bits per heavy atom. The Labute approximate surface area is 355 Å². The van der Waals surface area contributed by atoms with Crippen LogP contribution in [0.4, 0.5) is 9.93 Å². The summed E-state index contributed by atoms with van der Waals surface area (Å²) >= 11 is 1.29. The number of aryl methyl sites for hydroxylation is 1. The molecule has 322 valence electrons. The highest BCUT2D eigenvalue weighted by Crippen LogP contribution is 2.45. The summed E-state index contributed by atoms with van der Waals surface area (Å²) < 4.78 is 12.6. The molecule has 1 aliphatic heterocycles. The molecule has 1 aromatic carbocycles. The number of fused-ring (bicyclic) bond motifs is 1. The number of nitrogens with zero attached hydrogens (tertiary/aromatic N) is 3. The van der Waals surface area contributed by atoms with Crippen molar-refractivity contribution in [3.63, 3.8) is 0 Å². The van der Waals surface area contributed by atoms with E-state index in [4.69, 9.17) is 14.5 Å². The van der Waals surface area contributed by atoms with Crippen LogP contribution in [0.1, 0.15) is 110 Å². The van der Waals surface area contributed by atoms with E-state index in [1.165, 1.54) is 22.3 Å². The first kappa shape index (κ1) is 43.1. The lowest BCUT2D eigenvalue weighted by atomic mass is 9.83. The molecular formula is C45H58N6O8S. The lowest BCUT2D eigenvalue weighted by molar-refractivity contribution is -0.146. The zero-order valence-electron chi connectivity index (χ0n) is 35.1. The van der Waals surface area contributed by atoms with Crippen LogP contribution in [0.2, 0.25) is 0 Å². The van der Waals surface area contributed by atoms with E-state index in [0.29, 0.717) is 39.6 Å². The molecule has 0 bridgehead atoms. The van der Waals surface area contributed by atoms with Crippen molar-refractivity contribution < 1.29 is 38.6 Å². The number of pyridine rings is 1. The lowest BCUT2D eigenvalue weighted by Gasteiger charge is -2.35. The number of aliphatic carboxylic acids is 1. The maximum Gasteiger partial charge on any atom is 0.408 e. The molecule has 0 radical (unpaired) electrons. The first-order valence-electron chi connectivity index (χ1n) is 21.4. The van der Waals surface area contributed by atoms with Crippen LogP contribution in [0.25, 0.3) is 22.3 Å². The second-order valence-electron chi connectivity index (χ2n) is 18.3. The van der Waals surface area contributed by atoms with E-state index in [2.05, 4.69) is 27.5 Å². The van der Waals surface area contributed by atoms with Gasteiger partial charge in [0.25, 0.3) is 0 Å². The Bertz CT molecular complexity index is 2120. The quantitative estimate of drug-likeness (QED) is 0.125. The third-order valence-electron chi connectivity index (χ3n) is 12.3. The number of carboxylic acid groups (broad SMARTS) is 1. The van der Waals surface area contributed by atoms with Crippen molar-refractivity contribution in [1.82, 2.24) is 25.5 Å². The fraction of sp³-hybridized carbons (Fsp3) is 0.578. The van der Waals surface area contributed by atoms with Crippen LogP contribution in [-0.4, -0.2) is 86.1 Å². The number of alkyl carbamates (subject to hydrolysis) is 1. The van der Waals surface area contributed by atoms with E-state index in [-0.39, 0.29) is 42.7 Å². The molecular weight excluding hydrogens is 785 g/mol. The number of nitrogens with one attached hydrogen (secondary N) is 3. The number of thiazole rings is 1. The van der Waals surface area contributed by atoms with Crippen LogP contribution in [0.3, 0.4) is 0 Å². The minimum Gasteiger partial charge on any atom is -0.488 e. The van der Waals surface area contributed by atoms with Crippen LogP contribution < -0.4 is 20.7 Å². The van der Waals surface area contributed by atoms with E-state index in [9.17, 15) is 29.1 Å². The van der Waals surface area contributed by atoms with Gasteiger partial charge in [0, 0.05) is 35.6 Å². The van der Waals surface area contributed by atoms with Crippen LogP contribution in [0, 0.1) is 24.2 Å². The number of benzene rings is 1. The number of carbonyl (C=O) groups is 5. The number of carboxylic acids is 1. The molecule has 3 aliphatic carbocycles. The predicted molar refractivity (Wildman–Crippen MR) is 228 cm³/mol. The van der Waals surface area contributed by atoms with Crippen molar-refractivity contribution in [3.05, 3.63) is 47.9 Å². The topological polar surface area (TPSA) is 189 Å². The summed E-state index contributed by atoms with van der Waals surface area (Å²) in [6.07, 6.45) is 9.53. The second kappa shape index (κ2) is 17.9. The number of hydrogen-bond acceptors (Lipinski definition) is 10. The van der Waals surface area contributed by atoms with Crippen molar-refractivity contribution in [3.8, 4) is 17.1 Å². The summed E-state index contributed by atoms with van der Waals surface area (Å²) in [5.74, 6) is -2.47. The molecule has 60 heavy (non-hydrogen) atoms. The molecule has 7 rings (SSSR count). The van der Waals surface area contributed by atoms with Gasteiger partial charge in [0.05, 0.1) is 17.8 Å². The van der Waals surface area contributed by atoms with E-state index >= 15 is 0 Å². The lowest BCUT2D eigenvalue weighted by Crippen LogP contribution is -2.58. The fourth-order valence-electron chi connectivity index (χ4n) is 9.03. The van der Waals surface area contributed by atoms with Crippen molar-refractivity contribution >= 4 is 57.2 Å². The van der Waals surface area contributed by atoms with Gasteiger partial charge in [-0.25, -0.2) is 19.6 Å². The average Bonchev–Trinajstić information content (AvgIpc) is 3.47. The zero-order chi connectivity index (χ0) is 42.8. The van der Waals surface area contributed by atoms with Crippen LogP contribution in [0.15, 0.2) is 42.3 Å². The highest BCUT2D eigenvalue weighted by Gasteiger charge is 2.61. The normalized spacial score (nSPS) is 24.0. The van der Waals surface area contributed by atoms with Gasteiger partial charge >= 0.3 is 12.1 Å². The number of likely N-dealkylation sites (tertiary alicyclic amines) is 1. The number of ether oxygens (including phenoxy) is 2. The highest BCUT2D eigenvalue weighted by atomic mass is 32.1. The number of carbonyl (C=O) groups excluding carboxylic acids is 4. The average molecular weight is 843 g/mol. The van der Waals surface area contributed by atoms with Gasteiger partial charge in [0.15, 0.2) is 5.13 Å². The summed E-state index contributed by atoms with van der Waals surface area (Å²) in [5, 5.41) is 21.8. The van der Waals surface area contributed by atoms with Gasteiger partial charge in [-0.1, -0.05) is 58.6 Å². The summed E-state index contributed by atoms with van der Waals surface area (Å²) in [4.78, 5) is 78.8. The first-order chi connectivity index (χ1) is 28.6. The molecule has 4 fully saturated rings. The second-order valence-corrected chi connectivity index (χ2v) is 19.2. The number of amides is 4. The van der Waals surface area contributed by atoms with Gasteiger partial charge in [0.1, 0.15) is 41.3 Å². The number of rotatable bonds is 13. The highest BCUT2D eigenvalue weighted by molar-refractivity contribution is 7.14. The molecule has 2 aromatic heterocycles. The van der Waals surface area contributed by atoms with Crippen LogP contribution >= 0.6 is 11.3 Å². The summed E-state index contributed by atoms with van der Waals surface area (Å²) in [5.41, 5.74) is 0.993. The van der Waals surface area contributed by atoms with E-state index < -0.39 is 53.5 Å². The fourth-order valence-corrected chi connectivity index (χ4v) is 9.75. The summed E-state index contributed by atoms with van der Waals surface area (Å²) in [6, 6.07) is 5.56. The molecule has 3 heterocycles. The molecule has 5 atom stereocenters. The third kappa shape index (κ3) is 9.93. The molecule has 4 amide bonds. The molecule has 3 aromatic rings. The van der Waals surface area contributed by atoms with E-state index in [1.54, 1.807) is 6.07 Å². The third-order valence-corrected chi connectivity index (χ3v) is 13.0. The van der Waals surface area contributed by atoms with Gasteiger partial charge in [-0.15, -0.1) is 17.9 Å². The van der Waals surface area contributed by atoms with Crippen LogP contribution in [-0.2, 0) is 23.9 Å². The van der Waals surface area contributed by atoms with Gasteiger partial charge in [-0.05, 0) is 80.9 Å². The monoisotopic (exact) mass is 842 g/mol. The number of anilines is 1. The molecule has 4 N–H and O–H groups in total. The number of hydrogen-bond donors (Lipinski definition) is 4. The van der Waals surface area contributed by atoms with E-state index in [1.807, 2.05) is 51.3 Å². The van der Waals surface area contributed by atoms with Crippen molar-refractivity contribution in [2.24, 2.45) is 17.3 Å². The Morgan fingerprint density at radius 1 is 1.00 bits per heavy atom. The SMILES string of the molecule is C=C[C@@H]1C[C@]1(NC(=O)[C@@H]1C[C@@H](Oc2cc(-c3csc(NC(=O)CC(C)(C)C)n3)nc3cc(C)ccc23)CN1C(=O)[C@@H](NC(=O)OC1CCCCC1)C1CCCCC1)C(=O)O. The van der Waals surface area contributed by atoms with Gasteiger partial charge in [-0.3, -0.25) is 14.4 Å². The molecule has 0 spiro atoms. The van der Waals surface area contributed by atoms with Gasteiger partial charge in [0.2, 0.25) is 17.7 Å². The van der Waals surface area contributed by atoms with Gasteiger partial charge in [-0.2, -0.15) is 0 Å². The minimum atomic E-state index is -1.51. The maximum atomic E-state index is 14.9. The molecule has 15 heteroatoms. The standard InChI is InChI=1S/C45H58N6O8S/c1-6-28-22-45(28,41(55)56)50-39(53)35-20-30(24-51(35)40(54)38(27-13-9-7-10-14-27)49-43(57)59-29-15-11-8-12-16-29)58-36-21-33(46-32-19-26(2)17-18-31(32)36)34-25-60-42(47-34)48-37(52)23-44(3,4)5/h6,17-19,21,25,27-30,35,38H,1,7-16,20,22-24H2,2-5H3,(H,49,57)(H,50,53)(H,55,56)(H,47,48,52)/t28-,30-,35+,38+,45-/m1/s1. The Hall–Kier alpha value is -5.05. The largest absolute Gasteiger partial charge is 0.488 e. The molecule has 4 aliphatic rings. The van der Waals surface area contributed by atoms with Crippen molar-refractivity contribution in [1.29, 1.82) is 0 Å². The summed E-state index contributed by atoms with van der Waals surface area (Å²) in [7, 11) is 0. The zero-order valence-corrected chi connectivity index (χ0v) is 35.9. The maximum absolute atomic E-state index is 14.9. The first-order valence-corrected chi connectivity index (χ1v) is 22.3. The Morgan fingerprint density at radius 3 is 2.38 bits per heavy atom. The molecule has 1 saturated heterocycles. The van der Waals surface area contributed by atoms with Crippen molar-refractivity contribution in [2.45, 2.75) is 141 Å². The predicted octanol–water partition coefficient (Wildman–Crippen LogP) is 7.54. The smallest absolute Gasteiger partial charge is 0.408 e. The Kier molecular flexibility index (Phi) is 12.8. The number of aromatic nitrogens is 2. The molecule has 14 nitrogen and oxygen atoms in total. The van der Waals surface area contributed by atoms with Crippen molar-refractivity contribution in [2.75, 3.05) is 11.9 Å². The minimum absolute atomic E-state index is 0.0100. The van der Waals surface area contributed by atoms with Gasteiger partial charge < -0.3 is 35.4 Å². The van der Waals surface area contributed by atoms with Crippen LogP contribution in [0.5, 0.6) is 5.75 Å². The Balaban J connectivity index is 1.18.